The number of aromatic carboxylic acids is 1. The van der Waals surface area contributed by atoms with Crippen molar-refractivity contribution in [1.29, 1.82) is 0 Å². The molecule has 4 nitrogen and oxygen atoms in total. The van der Waals surface area contributed by atoms with Crippen LogP contribution in [0.4, 0.5) is 0 Å². The highest BCUT2D eigenvalue weighted by molar-refractivity contribution is 7.12. The fraction of sp³-hybridized carbons (Fsp3) is 0.357. The van der Waals surface area contributed by atoms with E-state index in [-0.39, 0.29) is 5.56 Å². The van der Waals surface area contributed by atoms with Crippen LogP contribution in [0.3, 0.4) is 0 Å². The zero-order chi connectivity index (χ0) is 14.0. The minimum atomic E-state index is -0.947. The van der Waals surface area contributed by atoms with E-state index in [0.717, 1.165) is 6.54 Å². The smallest absolute Gasteiger partial charge is 0.339 e. The first-order valence-corrected chi connectivity index (χ1v) is 6.88. The molecule has 0 amide bonds. The van der Waals surface area contributed by atoms with Gasteiger partial charge in [-0.3, -0.25) is 0 Å². The molecule has 2 rings (SSSR count). The average Bonchev–Trinajstić information content (AvgIpc) is 2.83. The van der Waals surface area contributed by atoms with Gasteiger partial charge in [0.1, 0.15) is 17.1 Å². The topological polar surface area (TPSA) is 62.5 Å². The lowest BCUT2D eigenvalue weighted by molar-refractivity contribution is 0.0695. The third-order valence-corrected chi connectivity index (χ3v) is 4.17. The zero-order valence-corrected chi connectivity index (χ0v) is 12.1. The first-order chi connectivity index (χ1) is 8.97. The van der Waals surface area contributed by atoms with Crippen molar-refractivity contribution in [2.45, 2.75) is 33.9 Å². The van der Waals surface area contributed by atoms with Crippen LogP contribution in [0.15, 0.2) is 16.5 Å². The van der Waals surface area contributed by atoms with Gasteiger partial charge in [0.15, 0.2) is 0 Å². The average molecular weight is 279 g/mol. The highest BCUT2D eigenvalue weighted by atomic mass is 32.1. The van der Waals surface area contributed by atoms with Gasteiger partial charge in [0.2, 0.25) is 0 Å². The van der Waals surface area contributed by atoms with Crippen molar-refractivity contribution in [1.82, 2.24) is 5.32 Å². The fourth-order valence-corrected chi connectivity index (χ4v) is 2.91. The van der Waals surface area contributed by atoms with Gasteiger partial charge in [-0.25, -0.2) is 4.79 Å². The molecule has 19 heavy (non-hydrogen) atoms. The third kappa shape index (κ3) is 3.24. The molecule has 2 aromatic heterocycles. The van der Waals surface area contributed by atoms with Gasteiger partial charge in [-0.05, 0) is 38.5 Å². The van der Waals surface area contributed by atoms with E-state index in [9.17, 15) is 4.79 Å². The number of furan rings is 1. The monoisotopic (exact) mass is 279 g/mol. The van der Waals surface area contributed by atoms with E-state index < -0.39 is 5.97 Å². The standard InChI is InChI=1S/C14H17NO3S/c1-8-4-12(19-10(8)3)7-15-6-11-5-13(14(16)17)9(2)18-11/h4-5,15H,6-7H2,1-3H3,(H,16,17). The van der Waals surface area contributed by atoms with Crippen LogP contribution in [0, 0.1) is 20.8 Å². The predicted octanol–water partition coefficient (Wildman–Crippen LogP) is 3.25. The number of hydrogen-bond donors (Lipinski definition) is 2. The maximum atomic E-state index is 10.9. The molecule has 0 saturated carbocycles. The van der Waals surface area contributed by atoms with Gasteiger partial charge in [0.25, 0.3) is 0 Å². The van der Waals surface area contributed by atoms with E-state index in [1.807, 2.05) is 0 Å². The van der Waals surface area contributed by atoms with Crippen molar-refractivity contribution < 1.29 is 14.3 Å². The van der Waals surface area contributed by atoms with Crippen molar-refractivity contribution in [3.05, 3.63) is 44.5 Å². The SMILES string of the molecule is Cc1cc(CNCc2cc(C(=O)O)c(C)o2)sc1C. The van der Waals surface area contributed by atoms with Gasteiger partial charge in [-0.1, -0.05) is 0 Å². The maximum Gasteiger partial charge on any atom is 0.339 e. The molecule has 0 aliphatic carbocycles. The second kappa shape index (κ2) is 5.59. The third-order valence-electron chi connectivity index (χ3n) is 3.01. The van der Waals surface area contributed by atoms with Gasteiger partial charge in [-0.2, -0.15) is 0 Å². The summed E-state index contributed by atoms with van der Waals surface area (Å²) in [6, 6.07) is 3.75. The van der Waals surface area contributed by atoms with Crippen LogP contribution < -0.4 is 5.32 Å². The Morgan fingerprint density at radius 1 is 1.32 bits per heavy atom. The van der Waals surface area contributed by atoms with Gasteiger partial charge in [0, 0.05) is 16.3 Å². The van der Waals surface area contributed by atoms with Gasteiger partial charge >= 0.3 is 5.97 Å². The quantitative estimate of drug-likeness (QED) is 0.882. The summed E-state index contributed by atoms with van der Waals surface area (Å²) >= 11 is 1.78. The van der Waals surface area contributed by atoms with Crippen LogP contribution in [-0.2, 0) is 13.1 Å². The lowest BCUT2D eigenvalue weighted by Gasteiger charge is -1.99. The fourth-order valence-electron chi connectivity index (χ4n) is 1.89. The highest BCUT2D eigenvalue weighted by Gasteiger charge is 2.13. The molecular weight excluding hydrogens is 262 g/mol. The van der Waals surface area contributed by atoms with Gasteiger partial charge in [0.05, 0.1) is 6.54 Å². The van der Waals surface area contributed by atoms with E-state index in [1.165, 1.54) is 15.3 Å². The summed E-state index contributed by atoms with van der Waals surface area (Å²) in [4.78, 5) is 13.5. The molecule has 5 heteroatoms. The first-order valence-electron chi connectivity index (χ1n) is 6.06. The Morgan fingerprint density at radius 2 is 2.05 bits per heavy atom. The number of aryl methyl sites for hydroxylation is 3. The van der Waals surface area contributed by atoms with Crippen LogP contribution in [0.5, 0.6) is 0 Å². The van der Waals surface area contributed by atoms with Gasteiger partial charge < -0.3 is 14.8 Å². The second-order valence-corrected chi connectivity index (χ2v) is 5.88. The highest BCUT2D eigenvalue weighted by Crippen LogP contribution is 2.20. The van der Waals surface area contributed by atoms with Crippen molar-refractivity contribution in [3.63, 3.8) is 0 Å². The lowest BCUT2D eigenvalue weighted by Crippen LogP contribution is -2.11. The Balaban J connectivity index is 1.92. The van der Waals surface area contributed by atoms with Crippen molar-refractivity contribution in [2.24, 2.45) is 0 Å². The molecule has 102 valence electrons. The van der Waals surface area contributed by atoms with E-state index in [2.05, 4.69) is 25.2 Å². The Kier molecular flexibility index (Phi) is 4.07. The number of carbonyl (C=O) groups is 1. The number of carboxylic acids is 1. The first kappa shape index (κ1) is 13.8. The normalized spacial score (nSPS) is 10.9. The molecule has 0 unspecified atom stereocenters. The molecule has 0 fully saturated rings. The molecule has 2 aromatic rings. The Morgan fingerprint density at radius 3 is 2.58 bits per heavy atom. The summed E-state index contributed by atoms with van der Waals surface area (Å²) in [5.74, 6) is 0.156. The van der Waals surface area contributed by atoms with Crippen molar-refractivity contribution in [3.8, 4) is 0 Å². The Labute approximate surface area is 116 Å². The molecule has 2 N–H and O–H groups in total. The minimum Gasteiger partial charge on any atom is -0.478 e. The molecule has 2 heterocycles. The number of hydrogen-bond acceptors (Lipinski definition) is 4. The van der Waals surface area contributed by atoms with E-state index in [1.54, 1.807) is 24.3 Å². The molecule has 0 aromatic carbocycles. The summed E-state index contributed by atoms with van der Waals surface area (Å²) in [6.45, 7) is 7.17. The molecule has 0 atom stereocenters. The molecule has 0 spiro atoms. The number of rotatable bonds is 5. The van der Waals surface area contributed by atoms with E-state index in [0.29, 0.717) is 18.1 Å². The predicted molar refractivity (Wildman–Crippen MR) is 74.7 cm³/mol. The summed E-state index contributed by atoms with van der Waals surface area (Å²) < 4.78 is 5.40. The van der Waals surface area contributed by atoms with Crippen LogP contribution >= 0.6 is 11.3 Å². The van der Waals surface area contributed by atoms with Crippen molar-refractivity contribution >= 4 is 17.3 Å². The van der Waals surface area contributed by atoms with E-state index >= 15 is 0 Å². The molecule has 0 aliphatic rings. The minimum absolute atomic E-state index is 0.236. The van der Waals surface area contributed by atoms with Crippen LogP contribution in [0.2, 0.25) is 0 Å². The lowest BCUT2D eigenvalue weighted by atomic mass is 10.2. The molecule has 0 radical (unpaired) electrons. The van der Waals surface area contributed by atoms with Crippen molar-refractivity contribution in [2.75, 3.05) is 0 Å². The summed E-state index contributed by atoms with van der Waals surface area (Å²) in [7, 11) is 0. The zero-order valence-electron chi connectivity index (χ0n) is 11.2. The largest absolute Gasteiger partial charge is 0.478 e. The van der Waals surface area contributed by atoms with Gasteiger partial charge in [-0.15, -0.1) is 11.3 Å². The summed E-state index contributed by atoms with van der Waals surface area (Å²) in [6.07, 6.45) is 0. The second-order valence-electron chi connectivity index (χ2n) is 4.54. The molecular formula is C14H17NO3S. The molecule has 0 aliphatic heterocycles. The number of nitrogens with one attached hydrogen (secondary N) is 1. The Hall–Kier alpha value is -1.59. The summed E-state index contributed by atoms with van der Waals surface area (Å²) in [5, 5.41) is 12.2. The van der Waals surface area contributed by atoms with Crippen LogP contribution in [0.25, 0.3) is 0 Å². The molecule has 0 bridgehead atoms. The van der Waals surface area contributed by atoms with Crippen LogP contribution in [0.1, 0.15) is 37.2 Å². The number of thiophene rings is 1. The summed E-state index contributed by atoms with van der Waals surface area (Å²) in [5.41, 5.74) is 1.54. The molecule has 0 saturated heterocycles. The Bertz CT molecular complexity index is 578. The van der Waals surface area contributed by atoms with Crippen LogP contribution in [-0.4, -0.2) is 11.1 Å². The maximum absolute atomic E-state index is 10.9. The number of carboxylic acid groups (broad SMARTS) is 1. The van der Waals surface area contributed by atoms with E-state index in [4.69, 9.17) is 9.52 Å².